The first-order valence-electron chi connectivity index (χ1n) is 9.46. The van der Waals surface area contributed by atoms with E-state index in [0.717, 1.165) is 36.5 Å². The molecule has 2 aliphatic heterocycles. The zero-order valence-corrected chi connectivity index (χ0v) is 16.1. The molecule has 1 aromatic carbocycles. The second kappa shape index (κ2) is 8.28. The van der Waals surface area contributed by atoms with Crippen LogP contribution in [-0.4, -0.2) is 63.4 Å². The summed E-state index contributed by atoms with van der Waals surface area (Å²) >= 11 is 0. The van der Waals surface area contributed by atoms with Crippen molar-refractivity contribution in [3.63, 3.8) is 0 Å². The first-order chi connectivity index (χ1) is 12.2. The summed E-state index contributed by atoms with van der Waals surface area (Å²) in [6.45, 7) is 7.10. The molecule has 0 radical (unpaired) electrons. The molecule has 2 aliphatic rings. The number of hydrogen-bond donors (Lipinski definition) is 0. The number of benzene rings is 1. The minimum atomic E-state index is 0.592. The van der Waals surface area contributed by atoms with E-state index in [1.807, 2.05) is 6.92 Å². The highest BCUT2D eigenvalue weighted by molar-refractivity contribution is 5.53. The molecule has 0 amide bonds. The van der Waals surface area contributed by atoms with Crippen molar-refractivity contribution in [1.82, 2.24) is 9.80 Å². The molecular weight excluding hydrogens is 316 g/mol. The van der Waals surface area contributed by atoms with E-state index < -0.39 is 0 Å². The molecule has 0 aromatic heterocycles. The first-order valence-corrected chi connectivity index (χ1v) is 9.46. The molecular formula is C20H32N2O3. The Balaban J connectivity index is 1.72. The number of rotatable bonds is 6. The first kappa shape index (κ1) is 18.3. The molecule has 2 heterocycles. The lowest BCUT2D eigenvalue weighted by atomic mass is 9.84. The van der Waals surface area contributed by atoms with Crippen LogP contribution in [-0.2, 0) is 6.54 Å². The quantitative estimate of drug-likeness (QED) is 0.789. The molecule has 0 unspecified atom stereocenters. The zero-order valence-electron chi connectivity index (χ0n) is 16.1. The van der Waals surface area contributed by atoms with E-state index in [1.54, 1.807) is 14.2 Å². The molecule has 0 saturated carbocycles. The Bertz CT molecular complexity index is 553. The number of fused-ring (bicyclic) bond motifs is 1. The van der Waals surface area contributed by atoms with Crippen molar-refractivity contribution in [2.75, 3.05) is 47.5 Å². The van der Waals surface area contributed by atoms with Gasteiger partial charge >= 0.3 is 0 Å². The van der Waals surface area contributed by atoms with Crippen molar-refractivity contribution in [3.8, 4) is 17.2 Å². The highest BCUT2D eigenvalue weighted by atomic mass is 16.5. The van der Waals surface area contributed by atoms with Crippen LogP contribution in [0.15, 0.2) is 12.1 Å². The van der Waals surface area contributed by atoms with E-state index in [-0.39, 0.29) is 0 Å². The van der Waals surface area contributed by atoms with Crippen LogP contribution in [0, 0.1) is 5.92 Å². The standard InChI is InChI=1S/C20H32N2O3/c1-5-25-20-18(23-3)11-15(12-19(20)24-4)13-22-10-8-17-16(14-22)7-6-9-21(17)2/h11-12,16-17H,5-10,13-14H2,1-4H3/t16-,17-/m0/s1. The van der Waals surface area contributed by atoms with Gasteiger partial charge in [-0.2, -0.15) is 0 Å². The maximum Gasteiger partial charge on any atom is 0.203 e. The van der Waals surface area contributed by atoms with Gasteiger partial charge in [0.1, 0.15) is 0 Å². The molecule has 0 bridgehead atoms. The molecule has 3 rings (SSSR count). The number of likely N-dealkylation sites (tertiary alicyclic amines) is 2. The minimum Gasteiger partial charge on any atom is -0.493 e. The van der Waals surface area contributed by atoms with Crippen molar-refractivity contribution >= 4 is 0 Å². The molecule has 0 spiro atoms. The molecule has 0 N–H and O–H groups in total. The van der Waals surface area contributed by atoms with Crippen molar-refractivity contribution in [3.05, 3.63) is 17.7 Å². The molecule has 2 atom stereocenters. The fourth-order valence-corrected chi connectivity index (χ4v) is 4.44. The molecule has 25 heavy (non-hydrogen) atoms. The third-order valence-electron chi connectivity index (χ3n) is 5.65. The van der Waals surface area contributed by atoms with Crippen LogP contribution >= 0.6 is 0 Å². The van der Waals surface area contributed by atoms with E-state index >= 15 is 0 Å². The summed E-state index contributed by atoms with van der Waals surface area (Å²) < 4.78 is 16.8. The smallest absolute Gasteiger partial charge is 0.203 e. The molecule has 5 heteroatoms. The van der Waals surface area contributed by atoms with E-state index in [0.29, 0.717) is 12.4 Å². The molecule has 2 saturated heterocycles. The Morgan fingerprint density at radius 2 is 1.80 bits per heavy atom. The van der Waals surface area contributed by atoms with E-state index in [4.69, 9.17) is 14.2 Å². The van der Waals surface area contributed by atoms with Gasteiger partial charge < -0.3 is 19.1 Å². The lowest BCUT2D eigenvalue weighted by Crippen LogP contribution is -2.52. The van der Waals surface area contributed by atoms with E-state index in [2.05, 4.69) is 29.0 Å². The summed E-state index contributed by atoms with van der Waals surface area (Å²) in [5.41, 5.74) is 1.22. The number of hydrogen-bond acceptors (Lipinski definition) is 5. The Morgan fingerprint density at radius 1 is 1.08 bits per heavy atom. The van der Waals surface area contributed by atoms with Gasteiger partial charge in [-0.1, -0.05) is 0 Å². The van der Waals surface area contributed by atoms with Gasteiger partial charge in [0.15, 0.2) is 11.5 Å². The summed E-state index contributed by atoms with van der Waals surface area (Å²) in [7, 11) is 5.66. The van der Waals surface area contributed by atoms with Gasteiger partial charge in [0.25, 0.3) is 0 Å². The lowest BCUT2D eigenvalue weighted by Gasteiger charge is -2.46. The second-order valence-electron chi connectivity index (χ2n) is 7.24. The molecule has 140 valence electrons. The third kappa shape index (κ3) is 4.04. The highest BCUT2D eigenvalue weighted by Gasteiger charge is 2.34. The normalized spacial score (nSPS) is 24.6. The van der Waals surface area contributed by atoms with Crippen LogP contribution in [0.2, 0.25) is 0 Å². The topological polar surface area (TPSA) is 34.2 Å². The van der Waals surface area contributed by atoms with E-state index in [9.17, 15) is 0 Å². The Kier molecular flexibility index (Phi) is 6.07. The van der Waals surface area contributed by atoms with Gasteiger partial charge in [-0.25, -0.2) is 0 Å². The maximum atomic E-state index is 5.71. The third-order valence-corrected chi connectivity index (χ3v) is 5.65. The second-order valence-corrected chi connectivity index (χ2v) is 7.24. The van der Waals surface area contributed by atoms with Gasteiger partial charge in [0, 0.05) is 19.1 Å². The van der Waals surface area contributed by atoms with Crippen LogP contribution in [0.1, 0.15) is 31.7 Å². The van der Waals surface area contributed by atoms with Crippen molar-refractivity contribution in [2.45, 2.75) is 38.8 Å². The number of ether oxygens (including phenoxy) is 3. The lowest BCUT2D eigenvalue weighted by molar-refractivity contribution is 0.0354. The summed E-state index contributed by atoms with van der Waals surface area (Å²) in [6, 6.07) is 4.95. The number of nitrogens with zero attached hydrogens (tertiary/aromatic N) is 2. The molecule has 0 aliphatic carbocycles. The number of piperidine rings is 2. The van der Waals surface area contributed by atoms with Gasteiger partial charge in [-0.3, -0.25) is 4.90 Å². The average molecular weight is 348 g/mol. The fraction of sp³-hybridized carbons (Fsp3) is 0.700. The van der Waals surface area contributed by atoms with Crippen molar-refractivity contribution in [2.24, 2.45) is 5.92 Å². The van der Waals surface area contributed by atoms with Gasteiger partial charge in [-0.15, -0.1) is 0 Å². The van der Waals surface area contributed by atoms with Crippen molar-refractivity contribution in [1.29, 1.82) is 0 Å². The van der Waals surface area contributed by atoms with Crippen LogP contribution in [0.4, 0.5) is 0 Å². The summed E-state index contributed by atoms with van der Waals surface area (Å²) in [6.07, 6.45) is 3.96. The predicted molar refractivity (Wildman–Crippen MR) is 99.8 cm³/mol. The fourth-order valence-electron chi connectivity index (χ4n) is 4.44. The van der Waals surface area contributed by atoms with Gasteiger partial charge in [-0.05, 0) is 69.9 Å². The summed E-state index contributed by atoms with van der Waals surface area (Å²) in [4.78, 5) is 5.14. The zero-order chi connectivity index (χ0) is 17.8. The maximum absolute atomic E-state index is 5.71. The Morgan fingerprint density at radius 3 is 2.44 bits per heavy atom. The van der Waals surface area contributed by atoms with E-state index in [1.165, 1.54) is 37.9 Å². The van der Waals surface area contributed by atoms with Crippen LogP contribution < -0.4 is 14.2 Å². The van der Waals surface area contributed by atoms with Crippen LogP contribution in [0.3, 0.4) is 0 Å². The summed E-state index contributed by atoms with van der Waals surface area (Å²) in [5, 5.41) is 0. The Hall–Kier alpha value is -1.46. The van der Waals surface area contributed by atoms with Gasteiger partial charge in [0.05, 0.1) is 20.8 Å². The predicted octanol–water partition coefficient (Wildman–Crippen LogP) is 3.02. The molecule has 5 nitrogen and oxygen atoms in total. The average Bonchev–Trinajstić information content (AvgIpc) is 2.63. The largest absolute Gasteiger partial charge is 0.493 e. The highest BCUT2D eigenvalue weighted by Crippen LogP contribution is 2.39. The van der Waals surface area contributed by atoms with Crippen LogP contribution in [0.25, 0.3) is 0 Å². The molecule has 1 aromatic rings. The monoisotopic (exact) mass is 348 g/mol. The number of methoxy groups -OCH3 is 2. The Labute approximate surface area is 151 Å². The SMILES string of the molecule is CCOc1c(OC)cc(CN2CC[C@H]3[C@@H](CCCN3C)C2)cc1OC. The van der Waals surface area contributed by atoms with Gasteiger partial charge in [0.2, 0.25) is 5.75 Å². The van der Waals surface area contributed by atoms with Crippen LogP contribution in [0.5, 0.6) is 17.2 Å². The summed E-state index contributed by atoms with van der Waals surface area (Å²) in [5.74, 6) is 3.01. The van der Waals surface area contributed by atoms with Crippen molar-refractivity contribution < 1.29 is 14.2 Å². The molecule has 2 fully saturated rings. The minimum absolute atomic E-state index is 0.592.